The molecule has 3 aromatic rings. The number of nitrogens with one attached hydrogen (secondary N) is 1. The van der Waals surface area contributed by atoms with Gasteiger partial charge in [-0.05, 0) is 43.9 Å². The molecule has 0 saturated carbocycles. The van der Waals surface area contributed by atoms with Crippen LogP contribution in [0.4, 0.5) is 4.39 Å². The molecule has 3 aliphatic rings. The number of halogens is 1. The number of ether oxygens (including phenoxy) is 1. The third-order valence-corrected chi connectivity index (χ3v) is 5.69. The van der Waals surface area contributed by atoms with Crippen LogP contribution in [-0.2, 0) is 0 Å². The highest BCUT2D eigenvalue weighted by Crippen LogP contribution is 2.40. The number of fused-ring (bicyclic) bond motifs is 6. The van der Waals surface area contributed by atoms with Crippen molar-refractivity contribution in [2.75, 3.05) is 13.1 Å². The lowest BCUT2D eigenvalue weighted by Gasteiger charge is -2.46. The van der Waals surface area contributed by atoms with Crippen LogP contribution in [0.15, 0.2) is 53.9 Å². The molecule has 0 spiro atoms. The van der Waals surface area contributed by atoms with Gasteiger partial charge in [0.15, 0.2) is 6.23 Å². The number of H-pyrrole nitrogens is 1. The molecule has 0 radical (unpaired) electrons. The standard InChI is InChI=1S/C21H21FN2O/c1-13(22)20-14-8-10-24(11-9-14)21(20)25-15-6-7-17-16-4-2-3-5-18(16)23-19(17)12-15/h2-7,12,14,21,23H,8-11H2,1H3. The van der Waals surface area contributed by atoms with Gasteiger partial charge in [0.05, 0.1) is 5.52 Å². The van der Waals surface area contributed by atoms with Crippen molar-refractivity contribution in [2.24, 2.45) is 5.92 Å². The lowest BCUT2D eigenvalue weighted by molar-refractivity contribution is -0.0159. The average Bonchev–Trinajstić information content (AvgIpc) is 3.00. The first-order valence-corrected chi connectivity index (χ1v) is 8.98. The van der Waals surface area contributed by atoms with Gasteiger partial charge in [-0.25, -0.2) is 4.39 Å². The molecule has 3 aliphatic heterocycles. The van der Waals surface area contributed by atoms with Crippen LogP contribution < -0.4 is 4.74 Å². The molecule has 2 bridgehead atoms. The summed E-state index contributed by atoms with van der Waals surface area (Å²) in [5.74, 6) is 1.04. The molecule has 3 nitrogen and oxygen atoms in total. The number of allylic oxidation sites excluding steroid dienone is 1. The second kappa shape index (κ2) is 5.60. The average molecular weight is 336 g/mol. The zero-order valence-corrected chi connectivity index (χ0v) is 14.3. The maximum atomic E-state index is 14.2. The Hall–Kier alpha value is -2.33. The van der Waals surface area contributed by atoms with Crippen molar-refractivity contribution < 1.29 is 9.13 Å². The summed E-state index contributed by atoms with van der Waals surface area (Å²) in [4.78, 5) is 5.70. The van der Waals surface area contributed by atoms with Crippen molar-refractivity contribution in [1.82, 2.24) is 9.88 Å². The zero-order valence-electron chi connectivity index (χ0n) is 14.3. The molecule has 1 atom stereocenters. The highest BCUT2D eigenvalue weighted by molar-refractivity contribution is 6.07. The van der Waals surface area contributed by atoms with Crippen LogP contribution in [0, 0.1) is 5.92 Å². The number of nitrogens with zero attached hydrogens (tertiary/aromatic N) is 1. The van der Waals surface area contributed by atoms with Crippen LogP contribution in [0.5, 0.6) is 5.75 Å². The van der Waals surface area contributed by atoms with E-state index in [9.17, 15) is 4.39 Å². The number of hydrogen-bond donors (Lipinski definition) is 1. The molecule has 6 rings (SSSR count). The molecule has 3 fully saturated rings. The molecule has 3 saturated heterocycles. The van der Waals surface area contributed by atoms with Gasteiger partial charge in [0.2, 0.25) is 0 Å². The second-order valence-electron chi connectivity index (χ2n) is 7.15. The molecule has 1 aromatic heterocycles. The summed E-state index contributed by atoms with van der Waals surface area (Å²) in [5, 5.41) is 2.40. The Morgan fingerprint density at radius 1 is 1.08 bits per heavy atom. The minimum Gasteiger partial charge on any atom is -0.471 e. The van der Waals surface area contributed by atoms with E-state index in [1.165, 1.54) is 10.8 Å². The van der Waals surface area contributed by atoms with Gasteiger partial charge in [0.1, 0.15) is 11.6 Å². The SMILES string of the molecule is CC(F)=C1C2CCN(CC2)C1Oc1ccc2c(c1)[nH]c1ccccc12. The van der Waals surface area contributed by atoms with Gasteiger partial charge in [-0.3, -0.25) is 4.90 Å². The first-order valence-electron chi connectivity index (χ1n) is 8.98. The Labute approximate surface area is 146 Å². The van der Waals surface area contributed by atoms with Crippen LogP contribution in [0.1, 0.15) is 19.8 Å². The lowest BCUT2D eigenvalue weighted by Crippen LogP contribution is -2.53. The smallest absolute Gasteiger partial charge is 0.178 e. The molecule has 1 N–H and O–H groups in total. The molecular weight excluding hydrogens is 315 g/mol. The quantitative estimate of drug-likeness (QED) is 0.714. The first kappa shape index (κ1) is 15.0. The maximum absolute atomic E-state index is 14.2. The summed E-state index contributed by atoms with van der Waals surface area (Å²) < 4.78 is 20.4. The van der Waals surface area contributed by atoms with E-state index in [1.807, 2.05) is 24.3 Å². The minimum atomic E-state index is -0.265. The molecule has 2 aromatic carbocycles. The predicted octanol–water partition coefficient (Wildman–Crippen LogP) is 5.00. The summed E-state index contributed by atoms with van der Waals surface area (Å²) in [6.45, 7) is 3.54. The fourth-order valence-electron chi connectivity index (χ4n) is 4.47. The summed E-state index contributed by atoms with van der Waals surface area (Å²) in [5.41, 5.74) is 3.02. The van der Waals surface area contributed by atoms with Gasteiger partial charge in [-0.2, -0.15) is 0 Å². The fraction of sp³-hybridized carbons (Fsp3) is 0.333. The monoisotopic (exact) mass is 336 g/mol. The predicted molar refractivity (Wildman–Crippen MR) is 98.3 cm³/mol. The van der Waals surface area contributed by atoms with E-state index < -0.39 is 0 Å². The largest absolute Gasteiger partial charge is 0.471 e. The highest BCUT2D eigenvalue weighted by atomic mass is 19.1. The molecule has 4 heterocycles. The molecular formula is C21H21FN2O. The number of aromatic amines is 1. The Kier molecular flexibility index (Phi) is 3.35. The van der Waals surface area contributed by atoms with Crippen LogP contribution in [0.25, 0.3) is 21.8 Å². The Morgan fingerprint density at radius 2 is 1.84 bits per heavy atom. The number of aromatic nitrogens is 1. The van der Waals surface area contributed by atoms with Crippen LogP contribution in [0.2, 0.25) is 0 Å². The van der Waals surface area contributed by atoms with Crippen molar-refractivity contribution in [3.8, 4) is 5.75 Å². The summed E-state index contributed by atoms with van der Waals surface area (Å²) in [6.07, 6.45) is 1.81. The lowest BCUT2D eigenvalue weighted by atomic mass is 9.82. The Bertz CT molecular complexity index is 978. The van der Waals surface area contributed by atoms with Crippen molar-refractivity contribution in [2.45, 2.75) is 26.0 Å². The van der Waals surface area contributed by atoms with Gasteiger partial charge < -0.3 is 9.72 Å². The van der Waals surface area contributed by atoms with E-state index >= 15 is 0 Å². The summed E-state index contributed by atoms with van der Waals surface area (Å²) in [6, 6.07) is 14.4. The van der Waals surface area contributed by atoms with E-state index in [0.717, 1.165) is 48.3 Å². The number of rotatable bonds is 2. The number of para-hydroxylation sites is 1. The maximum Gasteiger partial charge on any atom is 0.178 e. The number of piperidine rings is 3. The van der Waals surface area contributed by atoms with Gasteiger partial charge in [0.25, 0.3) is 0 Å². The van der Waals surface area contributed by atoms with Crippen LogP contribution >= 0.6 is 0 Å². The normalized spacial score (nSPS) is 27.8. The van der Waals surface area contributed by atoms with E-state index in [0.29, 0.717) is 5.92 Å². The van der Waals surface area contributed by atoms with Crippen molar-refractivity contribution in [3.05, 3.63) is 53.9 Å². The first-order chi connectivity index (χ1) is 12.2. The van der Waals surface area contributed by atoms with Crippen molar-refractivity contribution in [3.63, 3.8) is 0 Å². The van der Waals surface area contributed by atoms with Crippen molar-refractivity contribution >= 4 is 21.8 Å². The van der Waals surface area contributed by atoms with E-state index in [-0.39, 0.29) is 12.1 Å². The molecule has 0 amide bonds. The van der Waals surface area contributed by atoms with Gasteiger partial charge in [-0.15, -0.1) is 0 Å². The van der Waals surface area contributed by atoms with Gasteiger partial charge >= 0.3 is 0 Å². The molecule has 0 aliphatic carbocycles. The van der Waals surface area contributed by atoms with Crippen LogP contribution in [0.3, 0.4) is 0 Å². The molecule has 128 valence electrons. The van der Waals surface area contributed by atoms with Crippen molar-refractivity contribution in [1.29, 1.82) is 0 Å². The summed E-state index contributed by atoms with van der Waals surface area (Å²) in [7, 11) is 0. The van der Waals surface area contributed by atoms with E-state index in [1.54, 1.807) is 6.92 Å². The third kappa shape index (κ3) is 2.35. The fourth-order valence-corrected chi connectivity index (χ4v) is 4.47. The topological polar surface area (TPSA) is 28.3 Å². The van der Waals surface area contributed by atoms with E-state index in [2.05, 4.69) is 28.1 Å². The highest BCUT2D eigenvalue weighted by Gasteiger charge is 2.40. The second-order valence-corrected chi connectivity index (χ2v) is 7.15. The number of benzene rings is 2. The summed E-state index contributed by atoms with van der Waals surface area (Å²) >= 11 is 0. The Balaban J connectivity index is 1.53. The zero-order chi connectivity index (χ0) is 17.0. The number of hydrogen-bond acceptors (Lipinski definition) is 2. The van der Waals surface area contributed by atoms with E-state index in [4.69, 9.17) is 4.74 Å². The molecule has 25 heavy (non-hydrogen) atoms. The molecule has 1 unspecified atom stereocenters. The Morgan fingerprint density at radius 3 is 2.64 bits per heavy atom. The van der Waals surface area contributed by atoms with Gasteiger partial charge in [-0.1, -0.05) is 18.2 Å². The third-order valence-electron chi connectivity index (χ3n) is 5.69. The molecule has 4 heteroatoms. The van der Waals surface area contributed by atoms with Crippen LogP contribution in [-0.4, -0.2) is 29.2 Å². The minimum absolute atomic E-state index is 0.0777. The van der Waals surface area contributed by atoms with Gasteiger partial charge in [0, 0.05) is 41.0 Å².